The second-order valence-corrected chi connectivity index (χ2v) is 9.44. The molecule has 2 aliphatic rings. The van der Waals surface area contributed by atoms with Crippen LogP contribution in [0, 0.1) is 11.2 Å². The van der Waals surface area contributed by atoms with Crippen molar-refractivity contribution in [3.63, 3.8) is 0 Å². The van der Waals surface area contributed by atoms with Crippen LogP contribution >= 0.6 is 0 Å². The molecule has 2 aromatic carbocycles. The largest absolute Gasteiger partial charge is 0.494 e. The Morgan fingerprint density at radius 2 is 1.82 bits per heavy atom. The van der Waals surface area contributed by atoms with Crippen LogP contribution in [0.25, 0.3) is 0 Å². The van der Waals surface area contributed by atoms with E-state index in [2.05, 4.69) is 11.8 Å². The van der Waals surface area contributed by atoms with E-state index in [9.17, 15) is 4.79 Å². The average molecular weight is 528 g/mol. The molecule has 38 heavy (non-hydrogen) atoms. The first-order valence-corrected chi connectivity index (χ1v) is 13.4. The third-order valence-corrected chi connectivity index (χ3v) is 6.93. The van der Waals surface area contributed by atoms with Gasteiger partial charge in [-0.15, -0.1) is 0 Å². The van der Waals surface area contributed by atoms with Gasteiger partial charge in [0.1, 0.15) is 11.6 Å². The molecule has 1 saturated heterocycles. The van der Waals surface area contributed by atoms with Gasteiger partial charge >= 0.3 is 0 Å². The number of hydrogen-bond donors (Lipinski definition) is 1. The molecular weight excluding hydrogens is 489 g/mol. The second kappa shape index (κ2) is 12.5. The summed E-state index contributed by atoms with van der Waals surface area (Å²) in [6.45, 7) is 9.25. The maximum Gasteiger partial charge on any atom is 0.197 e. The fourth-order valence-electron chi connectivity index (χ4n) is 5.08. The number of ketones is 1. The Bertz CT molecular complexity index is 1180. The lowest BCUT2D eigenvalue weighted by atomic mass is 9.99. The number of ether oxygens (including phenoxy) is 4. The zero-order chi connectivity index (χ0) is 27.2. The number of nitrogens with zero attached hydrogens (tertiary/aromatic N) is 2. The van der Waals surface area contributed by atoms with Crippen molar-refractivity contribution >= 4 is 17.3 Å². The molecule has 0 spiro atoms. The number of Topliss-reactive ketones (excluding diaryl/α,β-unsaturated/α-hetero) is 1. The van der Waals surface area contributed by atoms with Crippen LogP contribution in [0.4, 0.5) is 10.1 Å². The van der Waals surface area contributed by atoms with Crippen molar-refractivity contribution in [3.05, 3.63) is 46.3 Å². The highest BCUT2D eigenvalue weighted by Crippen LogP contribution is 2.39. The Morgan fingerprint density at radius 3 is 2.47 bits per heavy atom. The van der Waals surface area contributed by atoms with Crippen molar-refractivity contribution in [2.24, 2.45) is 0 Å². The molecule has 0 unspecified atom stereocenters. The lowest BCUT2D eigenvalue weighted by molar-refractivity contribution is 0.0962. The summed E-state index contributed by atoms with van der Waals surface area (Å²) < 4.78 is 37.9. The maximum atomic E-state index is 15.5. The van der Waals surface area contributed by atoms with Crippen LogP contribution in [0.3, 0.4) is 0 Å². The molecule has 0 aromatic heterocycles. The highest BCUT2D eigenvalue weighted by Gasteiger charge is 2.33. The third kappa shape index (κ3) is 5.57. The number of nitrogens with one attached hydrogen (secondary N) is 1. The van der Waals surface area contributed by atoms with Crippen molar-refractivity contribution in [1.29, 1.82) is 5.41 Å². The number of benzene rings is 2. The molecule has 0 atom stereocenters. The molecule has 1 N–H and O–H groups in total. The Hall–Kier alpha value is -3.33. The molecule has 9 heteroatoms. The molecular formula is C29H38FN3O5. The molecule has 0 radical (unpaired) electrons. The molecule has 0 saturated carbocycles. The summed E-state index contributed by atoms with van der Waals surface area (Å²) in [5.74, 6) is 0.353. The predicted molar refractivity (Wildman–Crippen MR) is 145 cm³/mol. The van der Waals surface area contributed by atoms with Crippen molar-refractivity contribution < 1.29 is 28.1 Å². The first-order valence-electron chi connectivity index (χ1n) is 13.4. The highest BCUT2D eigenvalue weighted by atomic mass is 19.1. The van der Waals surface area contributed by atoms with Gasteiger partial charge in [-0.25, -0.2) is 4.39 Å². The van der Waals surface area contributed by atoms with E-state index in [1.54, 1.807) is 25.0 Å². The molecule has 0 aliphatic carbocycles. The molecule has 2 aromatic rings. The third-order valence-electron chi connectivity index (χ3n) is 6.93. The number of morpholine rings is 1. The molecule has 4 rings (SSSR count). The standard InChI is InChI=1S/C29H38FN3O5/c1-5-8-9-19-14-20(15-22(27(19)35-4)32-10-12-36-13-11-32)23(34)18-33-17-21-16-24(37-6-2)28(38-7-3)26(30)25(21)29(33)31/h14-16,31H,5-13,17-18H2,1-4H3. The topological polar surface area (TPSA) is 84.3 Å². The van der Waals surface area contributed by atoms with Crippen molar-refractivity contribution in [2.45, 2.75) is 46.6 Å². The zero-order valence-electron chi connectivity index (χ0n) is 22.8. The van der Waals surface area contributed by atoms with Crippen LogP contribution in [0.1, 0.15) is 60.7 Å². The van der Waals surface area contributed by atoms with Gasteiger partial charge < -0.3 is 28.7 Å². The molecule has 0 amide bonds. The summed E-state index contributed by atoms with van der Waals surface area (Å²) >= 11 is 0. The molecule has 0 bridgehead atoms. The van der Waals surface area contributed by atoms with Gasteiger partial charge in [0.25, 0.3) is 0 Å². The fourth-order valence-corrected chi connectivity index (χ4v) is 5.08. The lowest BCUT2D eigenvalue weighted by Gasteiger charge is -2.31. The normalized spacial score (nSPS) is 15.0. The zero-order valence-corrected chi connectivity index (χ0v) is 22.8. The van der Waals surface area contributed by atoms with E-state index in [1.165, 1.54) is 0 Å². The smallest absolute Gasteiger partial charge is 0.197 e. The summed E-state index contributed by atoms with van der Waals surface area (Å²) in [6, 6.07) is 5.52. The van der Waals surface area contributed by atoms with Crippen LogP contribution in [0.15, 0.2) is 18.2 Å². The molecule has 1 fully saturated rings. The lowest BCUT2D eigenvalue weighted by Crippen LogP contribution is -2.37. The van der Waals surface area contributed by atoms with Gasteiger partial charge in [0.15, 0.2) is 23.1 Å². The van der Waals surface area contributed by atoms with Gasteiger partial charge in [0.2, 0.25) is 0 Å². The minimum absolute atomic E-state index is 0.0110. The Morgan fingerprint density at radius 1 is 1.08 bits per heavy atom. The summed E-state index contributed by atoms with van der Waals surface area (Å²) in [5.41, 5.74) is 3.22. The van der Waals surface area contributed by atoms with E-state index in [-0.39, 0.29) is 42.6 Å². The minimum atomic E-state index is -0.617. The number of carbonyl (C=O) groups excluding carboxylic acids is 1. The van der Waals surface area contributed by atoms with Crippen LogP contribution in [-0.2, 0) is 17.7 Å². The molecule has 206 valence electrons. The number of hydrogen-bond acceptors (Lipinski definition) is 7. The Labute approximate surface area is 224 Å². The average Bonchev–Trinajstić information content (AvgIpc) is 3.24. The summed E-state index contributed by atoms with van der Waals surface area (Å²) in [6.07, 6.45) is 2.80. The van der Waals surface area contributed by atoms with Gasteiger partial charge in [0.05, 0.1) is 51.3 Å². The van der Waals surface area contributed by atoms with E-state index in [4.69, 9.17) is 24.4 Å². The van der Waals surface area contributed by atoms with Gasteiger partial charge in [-0.05, 0) is 56.0 Å². The summed E-state index contributed by atoms with van der Waals surface area (Å²) in [5, 5.41) is 8.68. The van der Waals surface area contributed by atoms with Crippen molar-refractivity contribution in [3.8, 4) is 17.2 Å². The van der Waals surface area contributed by atoms with Crippen LogP contribution in [0.5, 0.6) is 17.2 Å². The van der Waals surface area contributed by atoms with Gasteiger partial charge in [0, 0.05) is 25.2 Å². The quantitative estimate of drug-likeness (QED) is 0.396. The first kappa shape index (κ1) is 27.7. The van der Waals surface area contributed by atoms with Crippen molar-refractivity contribution in [2.75, 3.05) is 58.1 Å². The number of unbranched alkanes of at least 4 members (excludes halogenated alkanes) is 1. The van der Waals surface area contributed by atoms with Crippen LogP contribution < -0.4 is 19.1 Å². The maximum absolute atomic E-state index is 15.5. The number of aryl methyl sites for hydroxylation is 1. The molecule has 2 aliphatic heterocycles. The number of methoxy groups -OCH3 is 1. The van der Waals surface area contributed by atoms with E-state index in [1.807, 2.05) is 19.1 Å². The van der Waals surface area contributed by atoms with E-state index >= 15 is 4.39 Å². The highest BCUT2D eigenvalue weighted by molar-refractivity contribution is 6.06. The monoisotopic (exact) mass is 527 g/mol. The summed E-state index contributed by atoms with van der Waals surface area (Å²) in [4.78, 5) is 17.4. The second-order valence-electron chi connectivity index (χ2n) is 9.44. The summed E-state index contributed by atoms with van der Waals surface area (Å²) in [7, 11) is 1.67. The van der Waals surface area contributed by atoms with Gasteiger partial charge in [-0.3, -0.25) is 10.2 Å². The number of amidine groups is 1. The fraction of sp³-hybridized carbons (Fsp3) is 0.517. The predicted octanol–water partition coefficient (Wildman–Crippen LogP) is 4.83. The SMILES string of the molecule is CCCCc1cc(C(=O)CN2Cc3cc(OCC)c(OCC)c(F)c3C2=N)cc(N2CCOCC2)c1OC. The van der Waals surface area contributed by atoms with E-state index in [0.717, 1.165) is 49.4 Å². The number of halogens is 1. The Kier molecular flexibility index (Phi) is 9.09. The van der Waals surface area contributed by atoms with Gasteiger partial charge in [-0.2, -0.15) is 0 Å². The van der Waals surface area contributed by atoms with Crippen molar-refractivity contribution in [1.82, 2.24) is 4.90 Å². The molecule has 8 nitrogen and oxygen atoms in total. The van der Waals surface area contributed by atoms with E-state index in [0.29, 0.717) is 36.7 Å². The number of carbonyl (C=O) groups is 1. The number of rotatable bonds is 12. The molecule has 2 heterocycles. The van der Waals surface area contributed by atoms with Crippen LogP contribution in [0.2, 0.25) is 0 Å². The van der Waals surface area contributed by atoms with E-state index < -0.39 is 5.82 Å². The number of fused-ring (bicyclic) bond motifs is 1. The number of anilines is 1. The Balaban J connectivity index is 1.63. The van der Waals surface area contributed by atoms with Crippen LogP contribution in [-0.4, -0.2) is 69.7 Å². The van der Waals surface area contributed by atoms with Gasteiger partial charge in [-0.1, -0.05) is 13.3 Å². The minimum Gasteiger partial charge on any atom is -0.494 e. The first-order chi connectivity index (χ1) is 18.4.